The molecule has 0 radical (unpaired) electrons. The molecule has 2 unspecified atom stereocenters. The number of quaternary nitrogens is 1. The Morgan fingerprint density at radius 2 is 1.54 bits per heavy atom. The molecule has 4 rings (SSSR count). The highest BCUT2D eigenvalue weighted by Gasteiger charge is 2.26. The molecule has 2 atom stereocenters. The lowest BCUT2D eigenvalue weighted by molar-refractivity contribution is -0.829. The number of rotatable bonds is 11. The van der Waals surface area contributed by atoms with Crippen LogP contribution in [-0.2, 0) is 7.05 Å². The maximum Gasteiger partial charge on any atom is 0.214 e. The van der Waals surface area contributed by atoms with E-state index in [1.54, 1.807) is 14.2 Å². The van der Waals surface area contributed by atoms with Crippen molar-refractivity contribution in [2.75, 3.05) is 39.7 Å². The van der Waals surface area contributed by atoms with E-state index in [2.05, 4.69) is 85.6 Å². The number of nitrogens with one attached hydrogen (secondary N) is 3. The summed E-state index contributed by atoms with van der Waals surface area (Å²) in [5.41, 5.74) is 7.44. The monoisotopic (exact) mass is 617 g/mol. The molecular weight excluding hydrogens is 575 g/mol. The molecule has 0 amide bonds. The second-order valence-electron chi connectivity index (χ2n) is 9.87. The van der Waals surface area contributed by atoms with Crippen LogP contribution in [-0.4, -0.2) is 40.4 Å². The molecule has 2 heterocycles. The standard InChI is InChI=1S/C30H40N4O2.HI/c1-21-17-27(25-19-23(35-5)11-13-29(25)33(21)3)31-15-9-7-8-10-16-32-28-18-22(2)34(4)30-14-12-24(36-6)20-26(28)30;/h11-14,17-21,31H,7-10,15-16H2,1-6H3;1H/p+1. The molecule has 3 aromatic rings. The molecule has 1 aliphatic heterocycles. The first kappa shape index (κ1) is 29.0. The van der Waals surface area contributed by atoms with Crippen molar-refractivity contribution in [1.82, 2.24) is 5.32 Å². The quantitative estimate of drug-likeness (QED) is 0.172. The SMILES string of the molecule is COc1ccc2c(c1)C(NCCCCCCNc1cc(C)[n+](C)c3ccc(OC)cc13)=CC(C)[NH+]2C.[I-]. The molecule has 7 heteroatoms. The van der Waals surface area contributed by atoms with E-state index in [0.717, 1.165) is 37.4 Å². The van der Waals surface area contributed by atoms with Crippen molar-refractivity contribution in [2.24, 2.45) is 7.05 Å². The molecular formula is C30H42IN4O2+. The summed E-state index contributed by atoms with van der Waals surface area (Å²) >= 11 is 0. The number of pyridine rings is 1. The van der Waals surface area contributed by atoms with Crippen LogP contribution in [0.4, 0.5) is 11.4 Å². The van der Waals surface area contributed by atoms with Crippen LogP contribution in [0.5, 0.6) is 11.5 Å². The zero-order valence-electron chi connectivity index (χ0n) is 23.1. The lowest BCUT2D eigenvalue weighted by atomic mass is 10.0. The van der Waals surface area contributed by atoms with Crippen LogP contribution >= 0.6 is 0 Å². The number of halogens is 1. The Labute approximate surface area is 239 Å². The molecule has 0 aliphatic carbocycles. The van der Waals surface area contributed by atoms with Gasteiger partial charge in [-0.2, -0.15) is 4.57 Å². The van der Waals surface area contributed by atoms with Crippen LogP contribution in [0.25, 0.3) is 16.6 Å². The molecule has 0 spiro atoms. The fourth-order valence-corrected chi connectivity index (χ4v) is 5.00. The van der Waals surface area contributed by atoms with Gasteiger partial charge < -0.3 is 44.1 Å². The van der Waals surface area contributed by atoms with E-state index in [9.17, 15) is 0 Å². The van der Waals surface area contributed by atoms with Gasteiger partial charge in [0, 0.05) is 43.9 Å². The van der Waals surface area contributed by atoms with Crippen LogP contribution in [0.1, 0.15) is 43.9 Å². The minimum Gasteiger partial charge on any atom is -1.00 e. The first-order valence-electron chi connectivity index (χ1n) is 13.1. The molecule has 1 aliphatic rings. The number of likely N-dealkylation sites (N-methyl/N-ethyl adjacent to an activating group) is 1. The first-order valence-corrected chi connectivity index (χ1v) is 13.1. The van der Waals surface area contributed by atoms with E-state index in [1.807, 2.05) is 6.07 Å². The van der Waals surface area contributed by atoms with E-state index < -0.39 is 0 Å². The third-order valence-electron chi connectivity index (χ3n) is 7.51. The summed E-state index contributed by atoms with van der Waals surface area (Å²) in [5, 5.41) is 8.57. The van der Waals surface area contributed by atoms with Crippen molar-refractivity contribution < 1.29 is 42.9 Å². The highest BCUT2D eigenvalue weighted by molar-refractivity contribution is 5.90. The number of aryl methyl sites for hydroxylation is 2. The van der Waals surface area contributed by atoms with Gasteiger partial charge in [-0.25, -0.2) is 0 Å². The van der Waals surface area contributed by atoms with Crippen LogP contribution in [0.3, 0.4) is 0 Å². The fourth-order valence-electron chi connectivity index (χ4n) is 5.00. The predicted octanol–water partition coefficient (Wildman–Crippen LogP) is 1.15. The molecule has 37 heavy (non-hydrogen) atoms. The Balaban J connectivity index is 0.00000380. The Morgan fingerprint density at radius 1 is 0.892 bits per heavy atom. The molecule has 2 aromatic carbocycles. The van der Waals surface area contributed by atoms with E-state index in [0.29, 0.717) is 6.04 Å². The Hall–Kier alpha value is -2.52. The summed E-state index contributed by atoms with van der Waals surface area (Å²) in [6.07, 6.45) is 7.09. The van der Waals surface area contributed by atoms with Gasteiger partial charge in [0.15, 0.2) is 5.69 Å². The van der Waals surface area contributed by atoms with Gasteiger partial charge >= 0.3 is 0 Å². The molecule has 200 valence electrons. The first-order chi connectivity index (χ1) is 17.4. The fraction of sp³-hybridized carbons (Fsp3) is 0.433. The van der Waals surface area contributed by atoms with E-state index >= 15 is 0 Å². The van der Waals surface area contributed by atoms with Gasteiger partial charge in [-0.05, 0) is 50.1 Å². The Morgan fingerprint density at radius 3 is 2.24 bits per heavy atom. The zero-order valence-corrected chi connectivity index (χ0v) is 25.2. The molecule has 0 fully saturated rings. The average molecular weight is 618 g/mol. The van der Waals surface area contributed by atoms with Gasteiger partial charge in [-0.1, -0.05) is 12.8 Å². The second-order valence-corrected chi connectivity index (χ2v) is 9.87. The lowest BCUT2D eigenvalue weighted by Crippen LogP contribution is -3.08. The number of aromatic nitrogens is 1. The molecule has 6 nitrogen and oxygen atoms in total. The Bertz CT molecular complexity index is 1240. The van der Waals surface area contributed by atoms with Gasteiger partial charge in [0.2, 0.25) is 5.52 Å². The second kappa shape index (κ2) is 13.3. The van der Waals surface area contributed by atoms with Gasteiger partial charge in [-0.3, -0.25) is 4.90 Å². The smallest absolute Gasteiger partial charge is 0.214 e. The molecule has 0 saturated heterocycles. The normalized spacial score (nSPS) is 16.4. The third kappa shape index (κ3) is 6.68. The van der Waals surface area contributed by atoms with Gasteiger partial charge in [0.1, 0.15) is 30.3 Å². The number of unbranched alkanes of at least 4 members (excludes halogenated alkanes) is 3. The maximum atomic E-state index is 5.47. The van der Waals surface area contributed by atoms with Crippen molar-refractivity contribution in [3.63, 3.8) is 0 Å². The average Bonchev–Trinajstić information content (AvgIpc) is 2.90. The van der Waals surface area contributed by atoms with Crippen molar-refractivity contribution in [1.29, 1.82) is 0 Å². The number of benzene rings is 2. The third-order valence-corrected chi connectivity index (χ3v) is 7.51. The van der Waals surface area contributed by atoms with E-state index in [4.69, 9.17) is 9.47 Å². The highest BCUT2D eigenvalue weighted by Crippen LogP contribution is 2.28. The largest absolute Gasteiger partial charge is 1.00 e. The Kier molecular flexibility index (Phi) is 10.5. The van der Waals surface area contributed by atoms with Gasteiger partial charge in [0.05, 0.1) is 37.9 Å². The van der Waals surface area contributed by atoms with Crippen LogP contribution in [0, 0.1) is 6.92 Å². The number of hydrogen-bond acceptors (Lipinski definition) is 4. The number of anilines is 1. The summed E-state index contributed by atoms with van der Waals surface area (Å²) in [5.74, 6) is 1.79. The number of nitrogens with zero attached hydrogens (tertiary/aromatic N) is 1. The number of fused-ring (bicyclic) bond motifs is 2. The maximum absolute atomic E-state index is 5.47. The summed E-state index contributed by atoms with van der Waals surface area (Å²) in [4.78, 5) is 1.42. The van der Waals surface area contributed by atoms with Crippen molar-refractivity contribution in [2.45, 2.75) is 45.6 Å². The van der Waals surface area contributed by atoms with E-state index in [1.165, 1.54) is 57.0 Å². The summed E-state index contributed by atoms with van der Waals surface area (Å²) in [7, 11) is 7.79. The summed E-state index contributed by atoms with van der Waals surface area (Å²) < 4.78 is 13.2. The van der Waals surface area contributed by atoms with Gasteiger partial charge in [-0.15, -0.1) is 0 Å². The topological polar surface area (TPSA) is 50.8 Å². The van der Waals surface area contributed by atoms with Crippen molar-refractivity contribution >= 4 is 28.0 Å². The highest BCUT2D eigenvalue weighted by atomic mass is 127. The van der Waals surface area contributed by atoms with Crippen LogP contribution in [0.15, 0.2) is 48.5 Å². The summed E-state index contributed by atoms with van der Waals surface area (Å²) in [6.45, 7) is 6.38. The minimum absolute atomic E-state index is 0. The molecule has 3 N–H and O–H groups in total. The van der Waals surface area contributed by atoms with Crippen LogP contribution in [0.2, 0.25) is 0 Å². The number of hydrogen-bond donors (Lipinski definition) is 3. The van der Waals surface area contributed by atoms with Crippen LogP contribution < -0.4 is 53.6 Å². The predicted molar refractivity (Wildman–Crippen MR) is 148 cm³/mol. The summed E-state index contributed by atoms with van der Waals surface area (Å²) in [6, 6.07) is 15.4. The number of methoxy groups -OCH3 is 2. The zero-order chi connectivity index (χ0) is 25.7. The van der Waals surface area contributed by atoms with E-state index in [-0.39, 0.29) is 24.0 Å². The minimum atomic E-state index is 0. The van der Waals surface area contributed by atoms with Crippen molar-refractivity contribution in [3.8, 4) is 11.5 Å². The molecule has 1 aromatic heterocycles. The number of ether oxygens (including phenoxy) is 2. The molecule has 0 bridgehead atoms. The lowest BCUT2D eigenvalue weighted by Gasteiger charge is -2.28. The van der Waals surface area contributed by atoms with Crippen molar-refractivity contribution in [3.05, 3.63) is 59.8 Å². The van der Waals surface area contributed by atoms with Gasteiger partial charge in [0.25, 0.3) is 0 Å². The molecule has 0 saturated carbocycles.